The number of halogens is 4. The first-order valence-corrected chi connectivity index (χ1v) is 7.59. The summed E-state index contributed by atoms with van der Waals surface area (Å²) in [7, 11) is 0. The molecule has 1 aromatic carbocycles. The van der Waals surface area contributed by atoms with Crippen LogP contribution in [0.3, 0.4) is 0 Å². The van der Waals surface area contributed by atoms with Crippen molar-refractivity contribution >= 4 is 17.6 Å². The number of hydrogen-bond acceptors (Lipinski definition) is 3. The van der Waals surface area contributed by atoms with Crippen molar-refractivity contribution in [2.75, 3.05) is 13.1 Å². The van der Waals surface area contributed by atoms with Gasteiger partial charge in [0.25, 0.3) is 0 Å². The fraction of sp³-hybridized carbons (Fsp3) is 0.438. The van der Waals surface area contributed by atoms with Crippen molar-refractivity contribution in [3.63, 3.8) is 0 Å². The molecule has 2 aliphatic rings. The van der Waals surface area contributed by atoms with Crippen LogP contribution in [0.5, 0.6) is 0 Å². The summed E-state index contributed by atoms with van der Waals surface area (Å²) in [6.07, 6.45) is -3.47. The lowest BCUT2D eigenvalue weighted by Gasteiger charge is -2.33. The molecule has 1 fully saturated rings. The summed E-state index contributed by atoms with van der Waals surface area (Å²) in [6, 6.07) is 6.05. The van der Waals surface area contributed by atoms with Gasteiger partial charge in [0.15, 0.2) is 0 Å². The number of amides is 1. The number of hydrogen-bond donors (Lipinski definition) is 0. The summed E-state index contributed by atoms with van der Waals surface area (Å²) in [4.78, 5) is 20.7. The van der Waals surface area contributed by atoms with Gasteiger partial charge in [-0.1, -0.05) is 12.1 Å². The van der Waals surface area contributed by atoms with Gasteiger partial charge in [-0.05, 0) is 30.5 Å². The number of alkyl halides is 3. The summed E-state index contributed by atoms with van der Waals surface area (Å²) in [5.74, 6) is -0.841. The van der Waals surface area contributed by atoms with E-state index in [1.807, 2.05) is 0 Å². The van der Waals surface area contributed by atoms with Crippen LogP contribution in [0.1, 0.15) is 18.4 Å². The van der Waals surface area contributed by atoms with Gasteiger partial charge in [0.2, 0.25) is 0 Å². The van der Waals surface area contributed by atoms with Crippen LogP contribution in [0.4, 0.5) is 17.6 Å². The molecule has 0 aromatic heterocycles. The van der Waals surface area contributed by atoms with E-state index in [1.54, 1.807) is 12.1 Å². The summed E-state index contributed by atoms with van der Waals surface area (Å²) in [5, 5.41) is 0. The third-order valence-electron chi connectivity index (χ3n) is 4.15. The minimum Gasteiger partial charge on any atom is -0.335 e. The second-order valence-electron chi connectivity index (χ2n) is 5.87. The molecule has 0 saturated carbocycles. The van der Waals surface area contributed by atoms with Crippen LogP contribution < -0.4 is 0 Å². The second kappa shape index (κ2) is 6.33. The topological polar surface area (TPSA) is 45.0 Å². The fourth-order valence-corrected chi connectivity index (χ4v) is 2.84. The normalized spacial score (nSPS) is 18.8. The van der Waals surface area contributed by atoms with Gasteiger partial charge in [-0.3, -0.25) is 4.79 Å². The summed E-state index contributed by atoms with van der Waals surface area (Å²) >= 11 is 0. The lowest BCUT2D eigenvalue weighted by atomic mass is 9.94. The van der Waals surface area contributed by atoms with Crippen molar-refractivity contribution in [3.05, 3.63) is 35.6 Å². The highest BCUT2D eigenvalue weighted by atomic mass is 19.4. The molecule has 8 heteroatoms. The second-order valence-corrected chi connectivity index (χ2v) is 5.87. The van der Waals surface area contributed by atoms with Crippen LogP contribution in [0.2, 0.25) is 0 Å². The van der Waals surface area contributed by atoms with Crippen molar-refractivity contribution in [2.45, 2.75) is 25.4 Å². The number of piperidine rings is 1. The standard InChI is InChI=1S/C16H15F4N3O/c17-12-3-1-10(2-4-12)9-13-21-14(22-13)11-5-7-23(8-6-11)15(24)16(18,19)20/h1-4,11H,5-9H2. The van der Waals surface area contributed by atoms with E-state index in [0.717, 1.165) is 10.5 Å². The van der Waals surface area contributed by atoms with Crippen LogP contribution >= 0.6 is 0 Å². The highest BCUT2D eigenvalue weighted by Crippen LogP contribution is 2.26. The average Bonchev–Trinajstić information content (AvgIpc) is 2.51. The molecule has 2 heterocycles. The molecule has 1 saturated heterocycles. The minimum atomic E-state index is -4.82. The Balaban J connectivity index is 1.49. The van der Waals surface area contributed by atoms with E-state index in [-0.39, 0.29) is 24.8 Å². The lowest BCUT2D eigenvalue weighted by Crippen LogP contribution is -2.46. The summed E-state index contributed by atoms with van der Waals surface area (Å²) in [5.41, 5.74) is 0.892. The van der Waals surface area contributed by atoms with Gasteiger partial charge in [0.05, 0.1) is 0 Å². The Labute approximate surface area is 135 Å². The van der Waals surface area contributed by atoms with Crippen molar-refractivity contribution in [1.82, 2.24) is 4.90 Å². The Kier molecular flexibility index (Phi) is 4.38. The molecule has 128 valence electrons. The number of rotatable bonds is 3. The first-order valence-electron chi connectivity index (χ1n) is 7.59. The smallest absolute Gasteiger partial charge is 0.335 e. The van der Waals surface area contributed by atoms with Gasteiger partial charge in [-0.25, -0.2) is 14.4 Å². The molecule has 0 bridgehead atoms. The first-order chi connectivity index (χ1) is 11.3. The maximum atomic E-state index is 12.8. The number of benzene rings is 1. The van der Waals surface area contributed by atoms with Gasteiger partial charge in [0.1, 0.15) is 17.5 Å². The first kappa shape index (κ1) is 16.6. The van der Waals surface area contributed by atoms with E-state index in [4.69, 9.17) is 0 Å². The Hall–Kier alpha value is -2.25. The molecular weight excluding hydrogens is 326 g/mol. The number of carbonyl (C=O) groups excluding carboxylic acids is 1. The van der Waals surface area contributed by atoms with Gasteiger partial charge < -0.3 is 4.90 Å². The van der Waals surface area contributed by atoms with Crippen LogP contribution in [0.15, 0.2) is 34.3 Å². The third kappa shape index (κ3) is 3.63. The molecule has 0 atom stereocenters. The van der Waals surface area contributed by atoms with Gasteiger partial charge in [-0.2, -0.15) is 13.2 Å². The molecule has 1 amide bonds. The number of amidine groups is 2. The molecule has 24 heavy (non-hydrogen) atoms. The van der Waals surface area contributed by atoms with Gasteiger partial charge >= 0.3 is 12.1 Å². The Bertz CT molecular complexity index is 686. The van der Waals surface area contributed by atoms with Crippen molar-refractivity contribution in [1.29, 1.82) is 0 Å². The molecule has 4 nitrogen and oxygen atoms in total. The zero-order valence-electron chi connectivity index (χ0n) is 12.7. The van der Waals surface area contributed by atoms with Crippen molar-refractivity contribution < 1.29 is 22.4 Å². The van der Waals surface area contributed by atoms with E-state index in [0.29, 0.717) is 30.9 Å². The molecule has 0 N–H and O–H groups in total. The monoisotopic (exact) mass is 341 g/mol. The predicted molar refractivity (Wildman–Crippen MR) is 80.3 cm³/mol. The Morgan fingerprint density at radius 2 is 1.71 bits per heavy atom. The Morgan fingerprint density at radius 3 is 2.25 bits per heavy atom. The summed E-state index contributed by atoms with van der Waals surface area (Å²) < 4.78 is 50.0. The number of carbonyl (C=O) groups is 1. The van der Waals surface area contributed by atoms with E-state index >= 15 is 0 Å². The zero-order valence-corrected chi connectivity index (χ0v) is 12.7. The fourth-order valence-electron chi connectivity index (χ4n) is 2.84. The van der Waals surface area contributed by atoms with E-state index in [1.165, 1.54) is 12.1 Å². The van der Waals surface area contributed by atoms with Crippen molar-refractivity contribution in [3.8, 4) is 0 Å². The third-order valence-corrected chi connectivity index (χ3v) is 4.15. The quantitative estimate of drug-likeness (QED) is 0.780. The number of likely N-dealkylation sites (tertiary alicyclic amines) is 1. The molecule has 1 aromatic rings. The SMILES string of the molecule is O=C(N1CCC(C2=NC(Cc3ccc(F)cc3)=N2)CC1)C(F)(F)F. The van der Waals surface area contributed by atoms with Gasteiger partial charge in [0, 0.05) is 25.4 Å². The predicted octanol–water partition coefficient (Wildman–Crippen LogP) is 2.98. The number of nitrogens with zero attached hydrogens (tertiary/aromatic N) is 3. The Morgan fingerprint density at radius 1 is 1.12 bits per heavy atom. The van der Waals surface area contributed by atoms with Gasteiger partial charge in [-0.15, -0.1) is 0 Å². The molecule has 0 aliphatic carbocycles. The van der Waals surface area contributed by atoms with Crippen LogP contribution in [-0.4, -0.2) is 41.7 Å². The molecule has 0 unspecified atom stereocenters. The zero-order chi connectivity index (χ0) is 17.3. The van der Waals surface area contributed by atoms with Crippen LogP contribution in [0, 0.1) is 11.7 Å². The average molecular weight is 341 g/mol. The molecule has 2 aliphatic heterocycles. The van der Waals surface area contributed by atoms with E-state index in [2.05, 4.69) is 9.98 Å². The molecular formula is C16H15F4N3O. The maximum Gasteiger partial charge on any atom is 0.471 e. The summed E-state index contributed by atoms with van der Waals surface area (Å²) in [6.45, 7) is 0.121. The molecule has 3 rings (SSSR count). The largest absolute Gasteiger partial charge is 0.471 e. The van der Waals surface area contributed by atoms with E-state index < -0.39 is 12.1 Å². The lowest BCUT2D eigenvalue weighted by molar-refractivity contribution is -0.186. The van der Waals surface area contributed by atoms with Crippen LogP contribution in [-0.2, 0) is 11.2 Å². The number of aliphatic imine (C=N–C) groups is 2. The maximum absolute atomic E-state index is 12.8. The minimum absolute atomic E-state index is 0.0146. The highest BCUT2D eigenvalue weighted by molar-refractivity contribution is 6.12. The molecule has 0 spiro atoms. The van der Waals surface area contributed by atoms with E-state index in [9.17, 15) is 22.4 Å². The molecule has 0 radical (unpaired) electrons. The highest BCUT2D eigenvalue weighted by Gasteiger charge is 2.43. The van der Waals surface area contributed by atoms with Crippen molar-refractivity contribution in [2.24, 2.45) is 15.9 Å². The van der Waals surface area contributed by atoms with Crippen LogP contribution in [0.25, 0.3) is 0 Å².